The van der Waals surface area contributed by atoms with E-state index in [1.54, 1.807) is 0 Å². The molecule has 1 heterocycles. The smallest absolute Gasteiger partial charge is 0.228 e. The number of halogens is 1. The Hall–Kier alpha value is 0.520. The Morgan fingerprint density at radius 3 is 2.22 bits per heavy atom. The van der Waals surface area contributed by atoms with Crippen molar-refractivity contribution >= 4 is 24.2 Å². The van der Waals surface area contributed by atoms with Gasteiger partial charge in [-0.3, -0.25) is 0 Å². The molecule has 1 rings (SSSR count). The summed E-state index contributed by atoms with van der Waals surface area (Å²) in [6, 6.07) is -0.465. The minimum atomic E-state index is -1.65. The number of hydrogen-bond donors (Lipinski definition) is 3. The van der Waals surface area contributed by atoms with Gasteiger partial charge >= 0.3 is 0 Å². The summed E-state index contributed by atoms with van der Waals surface area (Å²) in [4.78, 5) is 0. The SMILES string of the molecule is Cl.NC1CCSC1(O)O. The predicted octanol–water partition coefficient (Wildman–Crippen LogP) is -0.489. The van der Waals surface area contributed by atoms with Gasteiger partial charge < -0.3 is 15.9 Å². The fourth-order valence-electron chi connectivity index (χ4n) is 0.631. The highest BCUT2D eigenvalue weighted by molar-refractivity contribution is 8.00. The lowest BCUT2D eigenvalue weighted by atomic mass is 10.2. The van der Waals surface area contributed by atoms with Crippen molar-refractivity contribution in [1.29, 1.82) is 0 Å². The standard InChI is InChI=1S/C4H9NO2S.ClH/c5-3-1-2-8-4(3,6)7;/h3,6-7H,1-2,5H2;1H. The van der Waals surface area contributed by atoms with Crippen LogP contribution >= 0.6 is 24.2 Å². The predicted molar refractivity (Wildman–Crippen MR) is 39.5 cm³/mol. The van der Waals surface area contributed by atoms with Crippen molar-refractivity contribution in [3.8, 4) is 0 Å². The van der Waals surface area contributed by atoms with Crippen LogP contribution in [0, 0.1) is 0 Å². The molecule has 1 aliphatic heterocycles. The van der Waals surface area contributed by atoms with Crippen LogP contribution in [0.15, 0.2) is 0 Å². The van der Waals surface area contributed by atoms with Gasteiger partial charge in [0.2, 0.25) is 5.12 Å². The van der Waals surface area contributed by atoms with Crippen molar-refractivity contribution in [1.82, 2.24) is 0 Å². The third-order valence-electron chi connectivity index (χ3n) is 1.23. The summed E-state index contributed by atoms with van der Waals surface area (Å²) in [6.07, 6.45) is 0.692. The first-order chi connectivity index (χ1) is 3.63. The Morgan fingerprint density at radius 2 is 2.11 bits per heavy atom. The number of thioether (sulfide) groups is 1. The molecule has 0 spiro atoms. The fraction of sp³-hybridized carbons (Fsp3) is 1.00. The van der Waals surface area contributed by atoms with Crippen LogP contribution in [0.25, 0.3) is 0 Å². The second kappa shape index (κ2) is 3.07. The molecule has 1 saturated heterocycles. The zero-order chi connectivity index (χ0) is 6.20. The van der Waals surface area contributed by atoms with Crippen LogP contribution in [0.4, 0.5) is 0 Å². The normalized spacial score (nSPS) is 31.7. The maximum atomic E-state index is 8.86. The molecular formula is C4H10ClNO2S. The number of nitrogens with two attached hydrogens (primary N) is 1. The summed E-state index contributed by atoms with van der Waals surface area (Å²) < 4.78 is 0. The molecule has 3 nitrogen and oxygen atoms in total. The number of aliphatic hydroxyl groups is 2. The van der Waals surface area contributed by atoms with Crippen molar-refractivity contribution in [3.63, 3.8) is 0 Å². The average molecular weight is 172 g/mol. The van der Waals surface area contributed by atoms with E-state index in [1.165, 1.54) is 0 Å². The molecule has 0 saturated carbocycles. The first-order valence-corrected chi connectivity index (χ1v) is 3.46. The average Bonchev–Trinajstić information content (AvgIpc) is 1.86. The van der Waals surface area contributed by atoms with Gasteiger partial charge in [-0.25, -0.2) is 0 Å². The van der Waals surface area contributed by atoms with Crippen molar-refractivity contribution in [2.24, 2.45) is 5.73 Å². The van der Waals surface area contributed by atoms with E-state index in [1.807, 2.05) is 0 Å². The molecule has 5 heteroatoms. The third-order valence-corrected chi connectivity index (χ3v) is 2.39. The maximum absolute atomic E-state index is 8.86. The first-order valence-electron chi connectivity index (χ1n) is 2.47. The Balaban J connectivity index is 0.000000640. The molecule has 1 atom stereocenters. The highest BCUT2D eigenvalue weighted by atomic mass is 35.5. The van der Waals surface area contributed by atoms with E-state index in [2.05, 4.69) is 0 Å². The van der Waals surface area contributed by atoms with E-state index in [4.69, 9.17) is 15.9 Å². The molecule has 9 heavy (non-hydrogen) atoms. The second-order valence-corrected chi connectivity index (χ2v) is 3.20. The van der Waals surface area contributed by atoms with Crippen LogP contribution < -0.4 is 5.73 Å². The molecule has 0 aromatic carbocycles. The van der Waals surface area contributed by atoms with Crippen LogP contribution in [0.3, 0.4) is 0 Å². The van der Waals surface area contributed by atoms with Gasteiger partial charge in [-0.1, -0.05) is 11.8 Å². The monoisotopic (exact) mass is 171 g/mol. The van der Waals surface area contributed by atoms with Gasteiger partial charge in [-0.15, -0.1) is 12.4 Å². The van der Waals surface area contributed by atoms with Gasteiger partial charge in [-0.05, 0) is 6.42 Å². The van der Waals surface area contributed by atoms with Crippen LogP contribution in [-0.2, 0) is 0 Å². The summed E-state index contributed by atoms with van der Waals surface area (Å²) in [5, 5.41) is 16.1. The van der Waals surface area contributed by atoms with Gasteiger partial charge in [0.05, 0.1) is 6.04 Å². The van der Waals surface area contributed by atoms with E-state index < -0.39 is 11.2 Å². The molecule has 1 unspecified atom stereocenters. The van der Waals surface area contributed by atoms with Gasteiger partial charge in [-0.2, -0.15) is 0 Å². The Morgan fingerprint density at radius 1 is 1.56 bits per heavy atom. The third kappa shape index (κ3) is 1.98. The molecule has 4 N–H and O–H groups in total. The van der Waals surface area contributed by atoms with Crippen molar-refractivity contribution in [2.75, 3.05) is 5.75 Å². The highest BCUT2D eigenvalue weighted by Gasteiger charge is 2.37. The highest BCUT2D eigenvalue weighted by Crippen LogP contribution is 2.31. The lowest BCUT2D eigenvalue weighted by Gasteiger charge is -2.17. The van der Waals surface area contributed by atoms with Gasteiger partial charge in [0.25, 0.3) is 0 Å². The van der Waals surface area contributed by atoms with Crippen LogP contribution in [0.2, 0.25) is 0 Å². The van der Waals surface area contributed by atoms with E-state index >= 15 is 0 Å². The van der Waals surface area contributed by atoms with Crippen molar-refractivity contribution in [2.45, 2.75) is 17.6 Å². The zero-order valence-corrected chi connectivity index (χ0v) is 6.41. The van der Waals surface area contributed by atoms with E-state index in [0.717, 1.165) is 17.5 Å². The largest absolute Gasteiger partial charge is 0.356 e. The summed E-state index contributed by atoms with van der Waals surface area (Å²) in [5.41, 5.74) is 5.29. The van der Waals surface area contributed by atoms with Crippen LogP contribution in [0.1, 0.15) is 6.42 Å². The van der Waals surface area contributed by atoms with Crippen LogP contribution in [-0.4, -0.2) is 27.1 Å². The minimum Gasteiger partial charge on any atom is -0.356 e. The lowest BCUT2D eigenvalue weighted by Crippen LogP contribution is -2.40. The fourth-order valence-corrected chi connectivity index (χ4v) is 1.64. The molecule has 0 aliphatic carbocycles. The lowest BCUT2D eigenvalue weighted by molar-refractivity contribution is -0.0880. The molecule has 0 aromatic heterocycles. The zero-order valence-electron chi connectivity index (χ0n) is 4.78. The molecule has 0 radical (unpaired) electrons. The quantitative estimate of drug-likeness (QED) is 0.431. The Labute approximate surface area is 64.0 Å². The first kappa shape index (κ1) is 9.52. The number of hydrogen-bond acceptors (Lipinski definition) is 4. The summed E-state index contributed by atoms with van der Waals surface area (Å²) in [6.45, 7) is 0. The van der Waals surface area contributed by atoms with Gasteiger partial charge in [0, 0.05) is 5.75 Å². The summed E-state index contributed by atoms with van der Waals surface area (Å²) >= 11 is 1.09. The molecule has 0 amide bonds. The Bertz CT molecular complexity index is 101. The van der Waals surface area contributed by atoms with Crippen molar-refractivity contribution in [3.05, 3.63) is 0 Å². The topological polar surface area (TPSA) is 66.5 Å². The summed E-state index contributed by atoms with van der Waals surface area (Å²) in [7, 11) is 0. The molecular weight excluding hydrogens is 162 g/mol. The van der Waals surface area contributed by atoms with E-state index in [9.17, 15) is 0 Å². The van der Waals surface area contributed by atoms with Gasteiger partial charge in [0.1, 0.15) is 0 Å². The van der Waals surface area contributed by atoms with E-state index in [-0.39, 0.29) is 12.4 Å². The molecule has 1 aliphatic rings. The van der Waals surface area contributed by atoms with Gasteiger partial charge in [0.15, 0.2) is 0 Å². The molecule has 1 fully saturated rings. The minimum absolute atomic E-state index is 0. The van der Waals surface area contributed by atoms with Crippen LogP contribution in [0.5, 0.6) is 0 Å². The number of rotatable bonds is 0. The molecule has 0 bridgehead atoms. The molecule has 56 valence electrons. The maximum Gasteiger partial charge on any atom is 0.228 e. The molecule has 0 aromatic rings. The van der Waals surface area contributed by atoms with E-state index in [0.29, 0.717) is 6.42 Å². The Kier molecular flexibility index (Phi) is 3.25. The van der Waals surface area contributed by atoms with Crippen molar-refractivity contribution < 1.29 is 10.2 Å². The summed E-state index contributed by atoms with van der Waals surface area (Å²) in [5.74, 6) is 0.744. The second-order valence-electron chi connectivity index (χ2n) is 1.90.